The van der Waals surface area contributed by atoms with Crippen LogP contribution in [0.3, 0.4) is 0 Å². The summed E-state index contributed by atoms with van der Waals surface area (Å²) in [5.74, 6) is 0.707. The van der Waals surface area contributed by atoms with Gasteiger partial charge in [-0.25, -0.2) is 0 Å². The maximum absolute atomic E-state index is 5.76. The van der Waals surface area contributed by atoms with E-state index in [1.54, 1.807) is 11.3 Å². The molecule has 0 aliphatic heterocycles. The molecule has 0 radical (unpaired) electrons. The molecule has 1 unspecified atom stereocenters. The van der Waals surface area contributed by atoms with E-state index in [2.05, 4.69) is 46.4 Å². The lowest BCUT2D eigenvalue weighted by Crippen LogP contribution is -2.19. The van der Waals surface area contributed by atoms with Gasteiger partial charge in [0.15, 0.2) is 0 Å². The fraction of sp³-hybridized carbons (Fsp3) is 0.556. The lowest BCUT2D eigenvalue weighted by Gasteiger charge is -2.21. The van der Waals surface area contributed by atoms with E-state index in [9.17, 15) is 0 Å². The highest BCUT2D eigenvalue weighted by atomic mass is 79.9. The largest absolute Gasteiger partial charge is 0.302 e. The van der Waals surface area contributed by atoms with Crippen LogP contribution in [0.5, 0.6) is 0 Å². The number of hydrogen-bond acceptors (Lipinski definition) is 2. The normalized spacial score (nSPS) is 13.6. The third-order valence-electron chi connectivity index (χ3n) is 1.92. The van der Waals surface area contributed by atoms with Gasteiger partial charge in [-0.1, -0.05) is 0 Å². The van der Waals surface area contributed by atoms with Crippen molar-refractivity contribution in [1.29, 1.82) is 0 Å². The Hall–Kier alpha value is 0.430. The second kappa shape index (κ2) is 5.35. The van der Waals surface area contributed by atoms with Crippen LogP contribution in [0.1, 0.15) is 17.3 Å². The molecule has 1 aromatic rings. The van der Waals surface area contributed by atoms with Crippen LogP contribution in [-0.4, -0.2) is 24.9 Å². The molecule has 1 rings (SSSR count). The summed E-state index contributed by atoms with van der Waals surface area (Å²) in [5.41, 5.74) is 0. The summed E-state index contributed by atoms with van der Waals surface area (Å²) >= 11 is 11.0. The van der Waals surface area contributed by atoms with Gasteiger partial charge in [0.05, 0.1) is 0 Å². The van der Waals surface area contributed by atoms with E-state index in [0.29, 0.717) is 11.9 Å². The second-order valence-corrected chi connectivity index (χ2v) is 5.36. The van der Waals surface area contributed by atoms with Gasteiger partial charge in [-0.3, -0.25) is 0 Å². The Bertz CT molecular complexity index is 262. The highest BCUT2D eigenvalue weighted by Crippen LogP contribution is 2.30. The molecule has 0 saturated heterocycles. The first-order valence-corrected chi connectivity index (χ1v) is 6.32. The van der Waals surface area contributed by atoms with E-state index in [4.69, 9.17) is 11.6 Å². The van der Waals surface area contributed by atoms with E-state index in [1.807, 2.05) is 0 Å². The van der Waals surface area contributed by atoms with E-state index in [0.717, 1.165) is 10.9 Å². The maximum Gasteiger partial charge on any atom is 0.0447 e. The zero-order valence-corrected chi connectivity index (χ0v) is 10.9. The molecule has 1 nitrogen and oxygen atoms in total. The van der Waals surface area contributed by atoms with Crippen molar-refractivity contribution in [3.63, 3.8) is 0 Å². The van der Waals surface area contributed by atoms with E-state index in [-0.39, 0.29) is 0 Å². The molecule has 74 valence electrons. The summed E-state index contributed by atoms with van der Waals surface area (Å²) in [6.45, 7) is 0. The Labute approximate surface area is 96.8 Å². The average Bonchev–Trinajstić information content (AvgIpc) is 2.46. The van der Waals surface area contributed by atoms with Crippen molar-refractivity contribution >= 4 is 38.9 Å². The van der Waals surface area contributed by atoms with Gasteiger partial charge in [0.2, 0.25) is 0 Å². The van der Waals surface area contributed by atoms with Crippen LogP contribution in [0.25, 0.3) is 0 Å². The summed E-state index contributed by atoms with van der Waals surface area (Å²) in [7, 11) is 4.18. The first-order valence-electron chi connectivity index (χ1n) is 4.11. The van der Waals surface area contributed by atoms with Gasteiger partial charge in [-0.2, -0.15) is 0 Å². The van der Waals surface area contributed by atoms with Gasteiger partial charge < -0.3 is 4.90 Å². The summed E-state index contributed by atoms with van der Waals surface area (Å²) in [4.78, 5) is 3.58. The number of alkyl halides is 1. The zero-order valence-electron chi connectivity index (χ0n) is 7.76. The Balaban J connectivity index is 2.75. The quantitative estimate of drug-likeness (QED) is 0.761. The first-order chi connectivity index (χ1) is 6.15. The predicted molar refractivity (Wildman–Crippen MR) is 63.8 cm³/mol. The summed E-state index contributed by atoms with van der Waals surface area (Å²) in [5, 5.41) is 2.11. The molecule has 0 amide bonds. The highest BCUT2D eigenvalue weighted by molar-refractivity contribution is 9.10. The molecule has 0 spiro atoms. The lowest BCUT2D eigenvalue weighted by molar-refractivity contribution is 0.297. The summed E-state index contributed by atoms with van der Waals surface area (Å²) < 4.78 is 1.16. The van der Waals surface area contributed by atoms with Crippen LogP contribution in [0.15, 0.2) is 15.9 Å². The molecule has 13 heavy (non-hydrogen) atoms. The van der Waals surface area contributed by atoms with Crippen molar-refractivity contribution in [3.05, 3.63) is 20.8 Å². The minimum atomic E-state index is 0.453. The van der Waals surface area contributed by atoms with Crippen molar-refractivity contribution in [2.45, 2.75) is 12.5 Å². The first kappa shape index (κ1) is 11.5. The van der Waals surface area contributed by atoms with Crippen LogP contribution in [-0.2, 0) is 0 Å². The smallest absolute Gasteiger partial charge is 0.0447 e. The van der Waals surface area contributed by atoms with Crippen molar-refractivity contribution in [2.24, 2.45) is 0 Å². The van der Waals surface area contributed by atoms with Crippen LogP contribution in [0.4, 0.5) is 0 Å². The Morgan fingerprint density at radius 2 is 2.31 bits per heavy atom. The molecule has 0 aliphatic rings. The molecular formula is C9H13BrClNS. The molecule has 0 bridgehead atoms. The van der Waals surface area contributed by atoms with Gasteiger partial charge in [0.1, 0.15) is 0 Å². The minimum absolute atomic E-state index is 0.453. The van der Waals surface area contributed by atoms with Crippen LogP contribution in [0.2, 0.25) is 0 Å². The second-order valence-electron chi connectivity index (χ2n) is 3.12. The van der Waals surface area contributed by atoms with Crippen molar-refractivity contribution in [2.75, 3.05) is 20.0 Å². The molecule has 0 fully saturated rings. The molecule has 1 heterocycles. The van der Waals surface area contributed by atoms with Crippen molar-refractivity contribution < 1.29 is 0 Å². The third-order valence-corrected chi connectivity index (χ3v) is 3.94. The lowest BCUT2D eigenvalue weighted by atomic mass is 10.2. The number of rotatable bonds is 4. The van der Waals surface area contributed by atoms with E-state index in [1.165, 1.54) is 4.88 Å². The number of hydrogen-bond donors (Lipinski definition) is 0. The standard InChI is InChI=1S/C9H13BrClNS/c1-12(2)8(3-4-11)9-5-7(10)6-13-9/h5-6,8H,3-4H2,1-2H3. The van der Waals surface area contributed by atoms with Crippen molar-refractivity contribution in [1.82, 2.24) is 4.90 Å². The molecule has 0 aromatic carbocycles. The minimum Gasteiger partial charge on any atom is -0.302 e. The number of nitrogens with zero attached hydrogens (tertiary/aromatic N) is 1. The van der Waals surface area contributed by atoms with Gasteiger partial charge in [0.25, 0.3) is 0 Å². The highest BCUT2D eigenvalue weighted by Gasteiger charge is 2.14. The van der Waals surface area contributed by atoms with Gasteiger partial charge in [-0.05, 0) is 42.5 Å². The zero-order chi connectivity index (χ0) is 9.84. The molecule has 1 atom stereocenters. The number of thiophene rings is 1. The van der Waals surface area contributed by atoms with Crippen LogP contribution < -0.4 is 0 Å². The predicted octanol–water partition coefficient (Wildman–Crippen LogP) is 3.74. The fourth-order valence-electron chi connectivity index (χ4n) is 1.26. The Morgan fingerprint density at radius 3 is 2.69 bits per heavy atom. The van der Waals surface area contributed by atoms with E-state index >= 15 is 0 Å². The molecule has 1 aromatic heterocycles. The molecule has 0 saturated carbocycles. The molecular weight excluding hydrogens is 270 g/mol. The van der Waals surface area contributed by atoms with Crippen molar-refractivity contribution in [3.8, 4) is 0 Å². The fourth-order valence-corrected chi connectivity index (χ4v) is 3.14. The maximum atomic E-state index is 5.76. The monoisotopic (exact) mass is 281 g/mol. The third kappa shape index (κ3) is 3.24. The Morgan fingerprint density at radius 1 is 1.62 bits per heavy atom. The molecule has 0 aliphatic carbocycles. The SMILES string of the molecule is CN(C)C(CCCl)c1cc(Br)cs1. The summed E-state index contributed by atoms with van der Waals surface area (Å²) in [6, 6.07) is 2.62. The summed E-state index contributed by atoms with van der Waals surface area (Å²) in [6.07, 6.45) is 1.00. The molecule has 0 N–H and O–H groups in total. The van der Waals surface area contributed by atoms with Crippen LogP contribution >= 0.6 is 38.9 Å². The van der Waals surface area contributed by atoms with Crippen LogP contribution in [0, 0.1) is 0 Å². The number of halogens is 2. The Kier molecular flexibility index (Phi) is 4.73. The molecule has 4 heteroatoms. The van der Waals surface area contributed by atoms with Gasteiger partial charge in [0, 0.05) is 26.7 Å². The van der Waals surface area contributed by atoms with E-state index < -0.39 is 0 Å². The van der Waals surface area contributed by atoms with Gasteiger partial charge >= 0.3 is 0 Å². The average molecular weight is 283 g/mol. The van der Waals surface area contributed by atoms with Gasteiger partial charge in [-0.15, -0.1) is 22.9 Å². The topological polar surface area (TPSA) is 3.24 Å².